The molecular weight excluding hydrogens is 228 g/mol. The van der Waals surface area contributed by atoms with E-state index < -0.39 is 0 Å². The summed E-state index contributed by atoms with van der Waals surface area (Å²) < 4.78 is 10.7. The quantitative estimate of drug-likeness (QED) is 0.757. The third-order valence-electron chi connectivity index (χ3n) is 2.39. The van der Waals surface area contributed by atoms with Gasteiger partial charge < -0.3 is 14.8 Å². The van der Waals surface area contributed by atoms with E-state index >= 15 is 0 Å². The molecule has 1 aromatic heterocycles. The molecule has 18 heavy (non-hydrogen) atoms. The van der Waals surface area contributed by atoms with Crippen molar-refractivity contribution in [2.24, 2.45) is 0 Å². The summed E-state index contributed by atoms with van der Waals surface area (Å²) in [5.41, 5.74) is 1.17. The summed E-state index contributed by atoms with van der Waals surface area (Å²) in [5.74, 6) is 0.713. The van der Waals surface area contributed by atoms with Crippen molar-refractivity contribution in [3.63, 3.8) is 0 Å². The van der Waals surface area contributed by atoms with Crippen LogP contribution in [0.5, 0.6) is 5.88 Å². The molecule has 0 atom stereocenters. The van der Waals surface area contributed by atoms with Crippen molar-refractivity contribution in [3.8, 4) is 5.88 Å². The van der Waals surface area contributed by atoms with E-state index in [4.69, 9.17) is 9.47 Å². The number of hydrogen-bond donors (Lipinski definition) is 1. The van der Waals surface area contributed by atoms with Crippen LogP contribution in [0.1, 0.15) is 32.8 Å². The maximum absolute atomic E-state index is 5.67. The lowest BCUT2D eigenvalue weighted by Crippen LogP contribution is -2.35. The molecule has 0 aliphatic heterocycles. The third kappa shape index (κ3) is 5.98. The molecule has 0 bridgehead atoms. The first-order valence-electron chi connectivity index (χ1n) is 6.33. The molecule has 0 radical (unpaired) electrons. The summed E-state index contributed by atoms with van der Waals surface area (Å²) in [6.07, 6.45) is 2.63. The molecule has 0 fully saturated rings. The monoisotopic (exact) mass is 252 g/mol. The Hall–Kier alpha value is -1.13. The molecule has 4 nitrogen and oxygen atoms in total. The standard InChI is InChI=1S/C14H24N2O2/c1-14(2,3)16-11-12-7-5-8-15-13(12)18-10-6-9-17-4/h5,7-8,16H,6,9-11H2,1-4H3. The van der Waals surface area contributed by atoms with Gasteiger partial charge in [-0.05, 0) is 26.8 Å². The zero-order valence-electron chi connectivity index (χ0n) is 11.8. The minimum atomic E-state index is 0.0865. The van der Waals surface area contributed by atoms with Gasteiger partial charge >= 0.3 is 0 Å². The van der Waals surface area contributed by atoms with Crippen LogP contribution in [-0.2, 0) is 11.3 Å². The van der Waals surface area contributed by atoms with E-state index in [9.17, 15) is 0 Å². The number of nitrogens with one attached hydrogen (secondary N) is 1. The SMILES string of the molecule is COCCCOc1ncccc1CNC(C)(C)C. The minimum Gasteiger partial charge on any atom is -0.477 e. The highest BCUT2D eigenvalue weighted by atomic mass is 16.5. The Labute approximate surface area is 110 Å². The fourth-order valence-corrected chi connectivity index (χ4v) is 1.42. The topological polar surface area (TPSA) is 43.4 Å². The van der Waals surface area contributed by atoms with Gasteiger partial charge in [-0.2, -0.15) is 0 Å². The number of hydrogen-bond acceptors (Lipinski definition) is 4. The summed E-state index contributed by atoms with van der Waals surface area (Å²) in [7, 11) is 1.69. The second kappa shape index (κ2) is 7.34. The molecule has 4 heteroatoms. The molecule has 1 rings (SSSR count). The van der Waals surface area contributed by atoms with Crippen molar-refractivity contribution in [2.75, 3.05) is 20.3 Å². The summed E-state index contributed by atoms with van der Waals surface area (Å²) in [6, 6.07) is 3.97. The third-order valence-corrected chi connectivity index (χ3v) is 2.39. The van der Waals surface area contributed by atoms with E-state index in [0.29, 0.717) is 19.1 Å². The van der Waals surface area contributed by atoms with Gasteiger partial charge in [-0.1, -0.05) is 6.07 Å². The summed E-state index contributed by atoms with van der Waals surface area (Å²) in [5, 5.41) is 3.44. The molecule has 102 valence electrons. The first-order valence-corrected chi connectivity index (χ1v) is 6.33. The Morgan fingerprint density at radius 3 is 2.72 bits per heavy atom. The van der Waals surface area contributed by atoms with Gasteiger partial charge in [0.05, 0.1) is 6.61 Å². The van der Waals surface area contributed by atoms with Crippen LogP contribution in [0.15, 0.2) is 18.3 Å². The molecular formula is C14H24N2O2. The molecule has 0 aromatic carbocycles. The Kier molecular flexibility index (Phi) is 6.09. The maximum atomic E-state index is 5.67. The fourth-order valence-electron chi connectivity index (χ4n) is 1.42. The largest absolute Gasteiger partial charge is 0.477 e. The van der Waals surface area contributed by atoms with E-state index in [2.05, 4.69) is 31.1 Å². The van der Waals surface area contributed by atoms with Crippen LogP contribution in [0.25, 0.3) is 0 Å². The zero-order chi connectivity index (χ0) is 13.4. The molecule has 0 saturated heterocycles. The second-order valence-corrected chi connectivity index (χ2v) is 5.27. The Morgan fingerprint density at radius 2 is 2.06 bits per heavy atom. The van der Waals surface area contributed by atoms with Gasteiger partial charge in [0.25, 0.3) is 0 Å². The highest BCUT2D eigenvalue weighted by molar-refractivity contribution is 5.25. The molecule has 1 heterocycles. The number of nitrogens with zero attached hydrogens (tertiary/aromatic N) is 1. The van der Waals surface area contributed by atoms with Crippen LogP contribution in [0.4, 0.5) is 0 Å². The van der Waals surface area contributed by atoms with Crippen LogP contribution >= 0.6 is 0 Å². The number of aromatic nitrogens is 1. The molecule has 0 amide bonds. The Bertz CT molecular complexity index is 348. The normalized spacial score (nSPS) is 11.6. The van der Waals surface area contributed by atoms with Crippen LogP contribution in [0, 0.1) is 0 Å². The molecule has 1 N–H and O–H groups in total. The van der Waals surface area contributed by atoms with Crippen molar-refractivity contribution >= 4 is 0 Å². The Balaban J connectivity index is 2.51. The van der Waals surface area contributed by atoms with Gasteiger partial charge in [-0.25, -0.2) is 4.98 Å². The minimum absolute atomic E-state index is 0.0865. The molecule has 0 saturated carbocycles. The molecule has 0 spiro atoms. The van der Waals surface area contributed by atoms with Gasteiger partial charge in [0.15, 0.2) is 0 Å². The first-order chi connectivity index (χ1) is 8.53. The van der Waals surface area contributed by atoms with Crippen molar-refractivity contribution in [2.45, 2.75) is 39.3 Å². The Morgan fingerprint density at radius 1 is 1.28 bits per heavy atom. The highest BCUT2D eigenvalue weighted by Crippen LogP contribution is 2.15. The van der Waals surface area contributed by atoms with Crippen molar-refractivity contribution in [1.29, 1.82) is 0 Å². The zero-order valence-corrected chi connectivity index (χ0v) is 11.8. The number of methoxy groups -OCH3 is 1. The summed E-state index contributed by atoms with van der Waals surface area (Å²) in [6.45, 7) is 8.53. The number of ether oxygens (including phenoxy) is 2. The second-order valence-electron chi connectivity index (χ2n) is 5.27. The van der Waals surface area contributed by atoms with Gasteiger partial charge in [-0.15, -0.1) is 0 Å². The van der Waals surface area contributed by atoms with E-state index in [1.165, 1.54) is 0 Å². The van der Waals surface area contributed by atoms with Crippen LogP contribution in [0.2, 0.25) is 0 Å². The molecule has 0 unspecified atom stereocenters. The smallest absolute Gasteiger partial charge is 0.217 e. The van der Waals surface area contributed by atoms with E-state index in [1.54, 1.807) is 13.3 Å². The molecule has 0 aliphatic rings. The van der Waals surface area contributed by atoms with Gasteiger partial charge in [0.2, 0.25) is 5.88 Å². The summed E-state index contributed by atoms with van der Waals surface area (Å²) in [4.78, 5) is 4.27. The van der Waals surface area contributed by atoms with Gasteiger partial charge in [-0.3, -0.25) is 0 Å². The van der Waals surface area contributed by atoms with Crippen molar-refractivity contribution < 1.29 is 9.47 Å². The van der Waals surface area contributed by atoms with Crippen molar-refractivity contribution in [3.05, 3.63) is 23.9 Å². The van der Waals surface area contributed by atoms with E-state index in [-0.39, 0.29) is 5.54 Å². The molecule has 1 aromatic rings. The average molecular weight is 252 g/mol. The predicted octanol–water partition coefficient (Wildman–Crippen LogP) is 2.39. The fraction of sp³-hybridized carbons (Fsp3) is 0.643. The van der Waals surface area contributed by atoms with Gasteiger partial charge in [0.1, 0.15) is 0 Å². The number of pyridine rings is 1. The van der Waals surface area contributed by atoms with Crippen molar-refractivity contribution in [1.82, 2.24) is 10.3 Å². The van der Waals surface area contributed by atoms with Crippen LogP contribution < -0.4 is 10.1 Å². The van der Waals surface area contributed by atoms with Crippen LogP contribution in [-0.4, -0.2) is 30.8 Å². The van der Waals surface area contributed by atoms with E-state index in [0.717, 1.165) is 18.5 Å². The predicted molar refractivity (Wildman–Crippen MR) is 72.8 cm³/mol. The number of rotatable bonds is 7. The lowest BCUT2D eigenvalue weighted by Gasteiger charge is -2.21. The lowest BCUT2D eigenvalue weighted by atomic mass is 10.1. The highest BCUT2D eigenvalue weighted by Gasteiger charge is 2.11. The van der Waals surface area contributed by atoms with Gasteiger partial charge in [0, 0.05) is 44.0 Å². The lowest BCUT2D eigenvalue weighted by molar-refractivity contribution is 0.170. The van der Waals surface area contributed by atoms with E-state index in [1.807, 2.05) is 12.1 Å². The maximum Gasteiger partial charge on any atom is 0.217 e. The first kappa shape index (κ1) is 14.9. The average Bonchev–Trinajstić information content (AvgIpc) is 2.32. The van der Waals surface area contributed by atoms with Crippen LogP contribution in [0.3, 0.4) is 0 Å². The summed E-state index contributed by atoms with van der Waals surface area (Å²) >= 11 is 0. The molecule has 0 aliphatic carbocycles.